The number of carbonyl (C=O) groups is 1. The standard InChI is InChI=1S/C21H22N4O2/c1-4-27-17-10-8-16(9-11-17)24-21(26)19-12-23-20(13-22-19)25-18-7-5-6-14(2)15(18)3/h5-13H,4H2,1-3H3,(H,23,25)(H,24,26). The summed E-state index contributed by atoms with van der Waals surface area (Å²) in [6, 6.07) is 13.2. The van der Waals surface area contributed by atoms with Crippen molar-refractivity contribution < 1.29 is 9.53 Å². The van der Waals surface area contributed by atoms with Crippen LogP contribution < -0.4 is 15.4 Å². The van der Waals surface area contributed by atoms with Gasteiger partial charge >= 0.3 is 0 Å². The Morgan fingerprint density at radius 2 is 1.81 bits per heavy atom. The lowest BCUT2D eigenvalue weighted by molar-refractivity contribution is 0.102. The monoisotopic (exact) mass is 362 g/mol. The molecule has 0 atom stereocenters. The molecule has 0 saturated heterocycles. The van der Waals surface area contributed by atoms with Crippen LogP contribution in [0.1, 0.15) is 28.5 Å². The SMILES string of the molecule is CCOc1ccc(NC(=O)c2cnc(Nc3cccc(C)c3C)cn2)cc1. The number of ether oxygens (including phenoxy) is 1. The molecular formula is C21H22N4O2. The topological polar surface area (TPSA) is 76.1 Å². The predicted molar refractivity (Wildman–Crippen MR) is 107 cm³/mol. The van der Waals surface area contributed by atoms with Crippen molar-refractivity contribution in [3.8, 4) is 5.75 Å². The normalized spacial score (nSPS) is 10.3. The zero-order valence-electron chi connectivity index (χ0n) is 15.6. The number of aromatic nitrogens is 2. The Bertz CT molecular complexity index is 922. The van der Waals surface area contributed by atoms with Crippen LogP contribution in [0.4, 0.5) is 17.2 Å². The van der Waals surface area contributed by atoms with Gasteiger partial charge in [-0.15, -0.1) is 0 Å². The van der Waals surface area contributed by atoms with Gasteiger partial charge in [0.2, 0.25) is 0 Å². The second-order valence-corrected chi connectivity index (χ2v) is 6.07. The molecule has 0 fully saturated rings. The Balaban J connectivity index is 1.65. The molecule has 0 radical (unpaired) electrons. The second-order valence-electron chi connectivity index (χ2n) is 6.07. The number of nitrogens with zero attached hydrogens (tertiary/aromatic N) is 2. The Morgan fingerprint density at radius 1 is 1.04 bits per heavy atom. The largest absolute Gasteiger partial charge is 0.494 e. The van der Waals surface area contributed by atoms with Gasteiger partial charge in [-0.05, 0) is 62.2 Å². The van der Waals surface area contributed by atoms with Crippen LogP contribution in [0, 0.1) is 13.8 Å². The van der Waals surface area contributed by atoms with Gasteiger partial charge in [0.05, 0.1) is 19.0 Å². The third-order valence-electron chi connectivity index (χ3n) is 4.18. The van der Waals surface area contributed by atoms with E-state index < -0.39 is 0 Å². The van der Waals surface area contributed by atoms with Gasteiger partial charge < -0.3 is 15.4 Å². The number of hydrogen-bond donors (Lipinski definition) is 2. The highest BCUT2D eigenvalue weighted by Crippen LogP contribution is 2.21. The van der Waals surface area contributed by atoms with Crippen molar-refractivity contribution in [3.63, 3.8) is 0 Å². The summed E-state index contributed by atoms with van der Waals surface area (Å²) in [6.45, 7) is 6.63. The molecule has 0 unspecified atom stereocenters. The molecule has 0 aliphatic carbocycles. The first kappa shape index (κ1) is 18.4. The maximum Gasteiger partial charge on any atom is 0.275 e. The van der Waals surface area contributed by atoms with Crippen LogP contribution in [0.2, 0.25) is 0 Å². The van der Waals surface area contributed by atoms with Crippen molar-refractivity contribution in [2.75, 3.05) is 17.2 Å². The van der Waals surface area contributed by atoms with Gasteiger partial charge in [-0.25, -0.2) is 9.97 Å². The minimum Gasteiger partial charge on any atom is -0.494 e. The van der Waals surface area contributed by atoms with E-state index in [1.807, 2.05) is 38.1 Å². The smallest absolute Gasteiger partial charge is 0.275 e. The first-order valence-corrected chi connectivity index (χ1v) is 8.76. The van der Waals surface area contributed by atoms with E-state index in [4.69, 9.17) is 4.74 Å². The minimum atomic E-state index is -0.315. The summed E-state index contributed by atoms with van der Waals surface area (Å²) in [7, 11) is 0. The van der Waals surface area contributed by atoms with E-state index in [1.54, 1.807) is 18.3 Å². The summed E-state index contributed by atoms with van der Waals surface area (Å²) in [5, 5.41) is 6.02. The molecule has 1 amide bonds. The van der Waals surface area contributed by atoms with E-state index in [-0.39, 0.29) is 11.6 Å². The molecule has 2 N–H and O–H groups in total. The molecule has 0 bridgehead atoms. The summed E-state index contributed by atoms with van der Waals surface area (Å²) in [5.74, 6) is 1.03. The highest BCUT2D eigenvalue weighted by molar-refractivity contribution is 6.02. The number of amides is 1. The van der Waals surface area contributed by atoms with E-state index >= 15 is 0 Å². The molecule has 3 rings (SSSR count). The van der Waals surface area contributed by atoms with Crippen molar-refractivity contribution in [2.45, 2.75) is 20.8 Å². The number of hydrogen-bond acceptors (Lipinski definition) is 5. The predicted octanol–water partition coefficient (Wildman–Crippen LogP) is 4.49. The number of benzene rings is 2. The van der Waals surface area contributed by atoms with Gasteiger partial charge in [0.15, 0.2) is 0 Å². The molecular weight excluding hydrogens is 340 g/mol. The summed E-state index contributed by atoms with van der Waals surface area (Å²) in [5.41, 5.74) is 4.23. The number of nitrogens with one attached hydrogen (secondary N) is 2. The van der Waals surface area contributed by atoms with Crippen LogP contribution in [0.25, 0.3) is 0 Å². The molecule has 1 heterocycles. The molecule has 0 spiro atoms. The molecule has 0 saturated carbocycles. The van der Waals surface area contributed by atoms with E-state index in [2.05, 4.69) is 33.6 Å². The maximum absolute atomic E-state index is 12.3. The van der Waals surface area contributed by atoms with Crippen molar-refractivity contribution in [3.05, 3.63) is 71.7 Å². The quantitative estimate of drug-likeness (QED) is 0.676. The lowest BCUT2D eigenvalue weighted by Gasteiger charge is -2.11. The lowest BCUT2D eigenvalue weighted by atomic mass is 10.1. The lowest BCUT2D eigenvalue weighted by Crippen LogP contribution is -2.14. The number of anilines is 3. The molecule has 1 aromatic heterocycles. The highest BCUT2D eigenvalue weighted by Gasteiger charge is 2.09. The van der Waals surface area contributed by atoms with Crippen LogP contribution in [-0.2, 0) is 0 Å². The number of rotatable bonds is 6. The number of aryl methyl sites for hydroxylation is 1. The Labute approximate surface area is 158 Å². The Hall–Kier alpha value is -3.41. The van der Waals surface area contributed by atoms with Crippen molar-refractivity contribution in [2.24, 2.45) is 0 Å². The number of carbonyl (C=O) groups excluding carboxylic acids is 1. The maximum atomic E-state index is 12.3. The second kappa shape index (κ2) is 8.31. The average Bonchev–Trinajstić information content (AvgIpc) is 2.68. The van der Waals surface area contributed by atoms with Crippen LogP contribution in [0.3, 0.4) is 0 Å². The third-order valence-corrected chi connectivity index (χ3v) is 4.18. The summed E-state index contributed by atoms with van der Waals surface area (Å²) in [4.78, 5) is 20.8. The van der Waals surface area contributed by atoms with Crippen molar-refractivity contribution >= 4 is 23.1 Å². The fraction of sp³-hybridized carbons (Fsp3) is 0.190. The Kier molecular flexibility index (Phi) is 5.66. The van der Waals surface area contributed by atoms with Crippen LogP contribution >= 0.6 is 0 Å². The van der Waals surface area contributed by atoms with E-state index in [1.165, 1.54) is 11.8 Å². The fourth-order valence-corrected chi connectivity index (χ4v) is 2.53. The third kappa shape index (κ3) is 4.61. The van der Waals surface area contributed by atoms with Crippen LogP contribution in [0.15, 0.2) is 54.9 Å². The molecule has 0 aliphatic rings. The van der Waals surface area contributed by atoms with Gasteiger partial charge in [-0.2, -0.15) is 0 Å². The molecule has 3 aromatic rings. The molecule has 27 heavy (non-hydrogen) atoms. The zero-order valence-corrected chi connectivity index (χ0v) is 15.6. The van der Waals surface area contributed by atoms with Crippen LogP contribution in [0.5, 0.6) is 5.75 Å². The van der Waals surface area contributed by atoms with Crippen LogP contribution in [-0.4, -0.2) is 22.5 Å². The van der Waals surface area contributed by atoms with Gasteiger partial charge in [-0.1, -0.05) is 12.1 Å². The molecule has 138 valence electrons. The van der Waals surface area contributed by atoms with E-state index in [0.717, 1.165) is 17.0 Å². The molecule has 6 nitrogen and oxygen atoms in total. The van der Waals surface area contributed by atoms with Crippen molar-refractivity contribution in [1.82, 2.24) is 9.97 Å². The van der Waals surface area contributed by atoms with Gasteiger partial charge in [0.1, 0.15) is 17.3 Å². The van der Waals surface area contributed by atoms with Crippen molar-refractivity contribution in [1.29, 1.82) is 0 Å². The van der Waals surface area contributed by atoms with E-state index in [9.17, 15) is 4.79 Å². The first-order chi connectivity index (χ1) is 13.1. The molecule has 0 aliphatic heterocycles. The first-order valence-electron chi connectivity index (χ1n) is 8.76. The van der Waals surface area contributed by atoms with E-state index in [0.29, 0.717) is 18.1 Å². The minimum absolute atomic E-state index is 0.246. The van der Waals surface area contributed by atoms with Gasteiger partial charge in [0, 0.05) is 11.4 Å². The summed E-state index contributed by atoms with van der Waals surface area (Å²) in [6.07, 6.45) is 3.01. The molecule has 6 heteroatoms. The average molecular weight is 362 g/mol. The fourth-order valence-electron chi connectivity index (χ4n) is 2.53. The summed E-state index contributed by atoms with van der Waals surface area (Å²) >= 11 is 0. The Morgan fingerprint density at radius 3 is 2.48 bits per heavy atom. The molecule has 2 aromatic carbocycles. The highest BCUT2D eigenvalue weighted by atomic mass is 16.5. The van der Waals surface area contributed by atoms with Gasteiger partial charge in [0.25, 0.3) is 5.91 Å². The summed E-state index contributed by atoms with van der Waals surface area (Å²) < 4.78 is 5.39. The zero-order chi connectivity index (χ0) is 19.2. The van der Waals surface area contributed by atoms with Gasteiger partial charge in [-0.3, -0.25) is 4.79 Å².